The number of carbonyl (C=O) groups is 1. The molecule has 0 heterocycles. The monoisotopic (exact) mass is 403 g/mol. The molecule has 1 unspecified atom stereocenters. The van der Waals surface area contributed by atoms with Crippen LogP contribution < -0.4 is 0 Å². The fourth-order valence-electron chi connectivity index (χ4n) is 2.61. The van der Waals surface area contributed by atoms with Crippen molar-refractivity contribution in [2.24, 2.45) is 0 Å². The van der Waals surface area contributed by atoms with Gasteiger partial charge in [0.1, 0.15) is 10.9 Å². The first-order chi connectivity index (χ1) is 12.0. The Morgan fingerprint density at radius 1 is 1.04 bits per heavy atom. The minimum absolute atomic E-state index is 0.0835. The summed E-state index contributed by atoms with van der Waals surface area (Å²) in [5.41, 5.74) is 2.24. The Hall–Kier alpha value is -1.65. The third-order valence-electron chi connectivity index (χ3n) is 4.41. The molecule has 2 aromatic rings. The zero-order valence-electron chi connectivity index (χ0n) is 15.1. The highest BCUT2D eigenvalue weighted by Gasteiger charge is 2.27. The highest BCUT2D eigenvalue weighted by molar-refractivity contribution is 9.10. The average Bonchev–Trinajstić information content (AvgIpc) is 2.64. The fourth-order valence-corrected chi connectivity index (χ4v) is 2.95. The Morgan fingerprint density at radius 3 is 2.16 bits per heavy atom. The lowest BCUT2D eigenvalue weighted by Crippen LogP contribution is -2.35. The minimum Gasteiger partial charge on any atom is -0.455 e. The molecule has 134 valence electrons. The number of alkyl halides is 1. The van der Waals surface area contributed by atoms with Crippen molar-refractivity contribution in [3.05, 3.63) is 71.8 Å². The Bertz CT molecular complexity index is 645. The zero-order chi connectivity index (χ0) is 18.2. The maximum atomic E-state index is 12.6. The summed E-state index contributed by atoms with van der Waals surface area (Å²) in [5.74, 6) is -0.210. The topological polar surface area (TPSA) is 29.5 Å². The third-order valence-corrected chi connectivity index (χ3v) is 5.24. The van der Waals surface area contributed by atoms with Crippen LogP contribution >= 0.6 is 15.9 Å². The Labute approximate surface area is 159 Å². The molecule has 2 aromatic carbocycles. The maximum Gasteiger partial charge on any atom is 0.320 e. The Morgan fingerprint density at radius 2 is 1.60 bits per heavy atom. The average molecular weight is 404 g/mol. The van der Waals surface area contributed by atoms with E-state index >= 15 is 0 Å². The molecule has 0 aliphatic carbocycles. The summed E-state index contributed by atoms with van der Waals surface area (Å²) in [4.78, 5) is 14.3. The molecular formula is C21H26BrNO2. The predicted octanol–water partition coefficient (Wildman–Crippen LogP) is 4.62. The molecule has 0 bridgehead atoms. The fraction of sp³-hybridized carbons (Fsp3) is 0.381. The van der Waals surface area contributed by atoms with Crippen LogP contribution in [0.2, 0.25) is 0 Å². The van der Waals surface area contributed by atoms with Crippen molar-refractivity contribution in [1.29, 1.82) is 0 Å². The summed E-state index contributed by atoms with van der Waals surface area (Å²) in [6.45, 7) is 2.07. The van der Waals surface area contributed by atoms with Crippen molar-refractivity contribution >= 4 is 21.9 Å². The number of esters is 1. The number of hydrogen-bond donors (Lipinski definition) is 0. The standard InChI is InChI=1S/C21H26BrNO2/c1-16(23(2)3)20(18-12-8-5-9-13-18)25-21(24)19(22)15-14-17-10-6-4-7-11-17/h4-13,16,19-20H,14-15H2,1-3H3/t16-,19-,20?/m0/s1. The van der Waals surface area contributed by atoms with Gasteiger partial charge in [-0.15, -0.1) is 0 Å². The molecule has 0 saturated heterocycles. The number of benzene rings is 2. The van der Waals surface area contributed by atoms with Crippen LogP contribution in [0.15, 0.2) is 60.7 Å². The summed E-state index contributed by atoms with van der Waals surface area (Å²) in [5, 5.41) is 0. The Kier molecular flexibility index (Phi) is 7.66. The van der Waals surface area contributed by atoms with Gasteiger partial charge >= 0.3 is 5.97 Å². The van der Waals surface area contributed by atoms with Crippen LogP contribution in [0.3, 0.4) is 0 Å². The van der Waals surface area contributed by atoms with E-state index < -0.39 is 0 Å². The molecule has 3 nitrogen and oxygen atoms in total. The van der Waals surface area contributed by atoms with Crippen LogP contribution in [-0.2, 0) is 16.0 Å². The molecule has 0 fully saturated rings. The molecule has 0 N–H and O–H groups in total. The van der Waals surface area contributed by atoms with Crippen LogP contribution in [0, 0.1) is 0 Å². The molecule has 4 heteroatoms. The number of ether oxygens (including phenoxy) is 1. The van der Waals surface area contributed by atoms with Crippen molar-refractivity contribution in [2.75, 3.05) is 14.1 Å². The number of halogens is 1. The van der Waals surface area contributed by atoms with Crippen molar-refractivity contribution in [3.63, 3.8) is 0 Å². The first kappa shape index (κ1) is 19.7. The first-order valence-corrected chi connectivity index (χ1v) is 9.50. The second-order valence-corrected chi connectivity index (χ2v) is 7.57. The van der Waals surface area contributed by atoms with Crippen LogP contribution in [0.5, 0.6) is 0 Å². The van der Waals surface area contributed by atoms with E-state index in [0.29, 0.717) is 6.42 Å². The Balaban J connectivity index is 2.00. The number of aryl methyl sites for hydroxylation is 1. The van der Waals surface area contributed by atoms with Gasteiger partial charge in [-0.3, -0.25) is 4.79 Å². The number of likely N-dealkylation sites (N-methyl/N-ethyl adjacent to an activating group) is 1. The molecule has 0 radical (unpaired) electrons. The molecule has 0 spiro atoms. The van der Waals surface area contributed by atoms with Gasteiger partial charge in [0.25, 0.3) is 0 Å². The number of nitrogens with zero attached hydrogens (tertiary/aromatic N) is 1. The van der Waals surface area contributed by atoms with Gasteiger partial charge in [0.2, 0.25) is 0 Å². The highest BCUT2D eigenvalue weighted by Crippen LogP contribution is 2.26. The molecule has 0 aliphatic rings. The van der Waals surface area contributed by atoms with E-state index in [0.717, 1.165) is 12.0 Å². The molecule has 2 rings (SSSR count). The van der Waals surface area contributed by atoms with E-state index in [1.165, 1.54) is 5.56 Å². The lowest BCUT2D eigenvalue weighted by atomic mass is 10.0. The van der Waals surface area contributed by atoms with Crippen molar-refractivity contribution in [2.45, 2.75) is 36.7 Å². The number of carbonyl (C=O) groups excluding carboxylic acids is 1. The van der Waals surface area contributed by atoms with E-state index in [1.54, 1.807) is 0 Å². The maximum absolute atomic E-state index is 12.6. The van der Waals surface area contributed by atoms with Gasteiger partial charge in [-0.1, -0.05) is 76.6 Å². The van der Waals surface area contributed by atoms with Gasteiger partial charge in [0.05, 0.1) is 0 Å². The molecular weight excluding hydrogens is 378 g/mol. The quantitative estimate of drug-likeness (QED) is 0.475. The molecule has 0 aliphatic heterocycles. The lowest BCUT2D eigenvalue weighted by molar-refractivity contribution is -0.151. The van der Waals surface area contributed by atoms with Crippen molar-refractivity contribution < 1.29 is 9.53 Å². The van der Waals surface area contributed by atoms with Gasteiger partial charge in [0, 0.05) is 6.04 Å². The van der Waals surface area contributed by atoms with Crippen molar-refractivity contribution in [1.82, 2.24) is 4.90 Å². The van der Waals surface area contributed by atoms with Gasteiger partial charge in [-0.2, -0.15) is 0 Å². The molecule has 3 atom stereocenters. The first-order valence-electron chi connectivity index (χ1n) is 8.59. The van der Waals surface area contributed by atoms with E-state index in [9.17, 15) is 4.79 Å². The normalized spacial score (nSPS) is 14.8. The van der Waals surface area contributed by atoms with Gasteiger partial charge in [0.15, 0.2) is 0 Å². The van der Waals surface area contributed by atoms with Crippen LogP contribution in [-0.4, -0.2) is 35.8 Å². The van der Waals surface area contributed by atoms with Gasteiger partial charge in [-0.05, 0) is 45.0 Å². The van der Waals surface area contributed by atoms with E-state index in [2.05, 4.69) is 39.9 Å². The summed E-state index contributed by atoms with van der Waals surface area (Å²) in [6, 6.07) is 20.2. The summed E-state index contributed by atoms with van der Waals surface area (Å²) < 4.78 is 5.88. The van der Waals surface area contributed by atoms with E-state index in [-0.39, 0.29) is 22.9 Å². The van der Waals surface area contributed by atoms with Crippen LogP contribution in [0.4, 0.5) is 0 Å². The van der Waals surface area contributed by atoms with Gasteiger partial charge < -0.3 is 9.64 Å². The number of rotatable bonds is 8. The lowest BCUT2D eigenvalue weighted by Gasteiger charge is -2.30. The van der Waals surface area contributed by atoms with Crippen LogP contribution in [0.25, 0.3) is 0 Å². The molecule has 0 aromatic heterocycles. The molecule has 0 saturated carbocycles. The molecule has 0 amide bonds. The van der Waals surface area contributed by atoms with Crippen LogP contribution in [0.1, 0.15) is 30.6 Å². The summed E-state index contributed by atoms with van der Waals surface area (Å²) >= 11 is 3.50. The smallest absolute Gasteiger partial charge is 0.320 e. The molecule has 25 heavy (non-hydrogen) atoms. The summed E-state index contributed by atoms with van der Waals surface area (Å²) in [7, 11) is 3.99. The second-order valence-electron chi connectivity index (χ2n) is 6.46. The third kappa shape index (κ3) is 5.98. The largest absolute Gasteiger partial charge is 0.455 e. The van der Waals surface area contributed by atoms with E-state index in [1.807, 2.05) is 62.6 Å². The zero-order valence-corrected chi connectivity index (χ0v) is 16.6. The van der Waals surface area contributed by atoms with Gasteiger partial charge in [-0.25, -0.2) is 0 Å². The predicted molar refractivity (Wildman–Crippen MR) is 106 cm³/mol. The number of hydrogen-bond acceptors (Lipinski definition) is 3. The van der Waals surface area contributed by atoms with E-state index in [4.69, 9.17) is 4.74 Å². The SMILES string of the molecule is C[C@@H](C(OC(=O)[C@@H](Br)CCc1ccccc1)c1ccccc1)N(C)C. The summed E-state index contributed by atoms with van der Waals surface area (Å²) in [6.07, 6.45) is 1.26. The highest BCUT2D eigenvalue weighted by atomic mass is 79.9. The minimum atomic E-state index is -0.312. The van der Waals surface area contributed by atoms with Crippen molar-refractivity contribution in [3.8, 4) is 0 Å². The second kappa shape index (κ2) is 9.73.